The van der Waals surface area contributed by atoms with E-state index in [1.807, 2.05) is 14.1 Å². The average molecular weight is 170 g/mol. The highest BCUT2D eigenvalue weighted by Gasteiger charge is 1.75. The molecular weight excluding hydrogens is 156 g/mol. The van der Waals surface area contributed by atoms with Gasteiger partial charge >= 0.3 is 0 Å². The number of hydrogen-bond donors (Lipinski definition) is 2. The van der Waals surface area contributed by atoms with Crippen molar-refractivity contribution in [2.45, 2.75) is 0 Å². The molecule has 0 amide bonds. The van der Waals surface area contributed by atoms with Gasteiger partial charge in [0.25, 0.3) is 0 Å². The summed E-state index contributed by atoms with van der Waals surface area (Å²) in [4.78, 5) is 0. The van der Waals surface area contributed by atoms with Crippen LogP contribution >= 0.6 is 25.0 Å². The maximum absolute atomic E-state index is 7.99. The molecule has 0 bridgehead atoms. The van der Waals surface area contributed by atoms with Crippen LogP contribution in [0.2, 0.25) is 0 Å². The van der Waals surface area contributed by atoms with E-state index >= 15 is 0 Å². The Hall–Kier alpha value is 0.580. The van der Waals surface area contributed by atoms with Crippen LogP contribution in [0.15, 0.2) is 0 Å². The predicted molar refractivity (Wildman–Crippen MR) is 46.6 cm³/mol. The first-order chi connectivity index (χ1) is 4.00. The molecule has 0 aliphatic rings. The molecule has 5 heteroatoms. The van der Waals surface area contributed by atoms with Crippen LogP contribution in [0.1, 0.15) is 0 Å². The molecule has 0 atom stereocenters. The SMILES string of the molecule is CN(C)S.CN(C)SO. The van der Waals surface area contributed by atoms with Gasteiger partial charge in [-0.3, -0.25) is 4.31 Å². The third-order valence-electron chi connectivity index (χ3n) is 0.163. The number of hydrogen-bond acceptors (Lipinski definition) is 5. The lowest BCUT2D eigenvalue weighted by atomic mass is 11.3. The third kappa shape index (κ3) is 55.8. The van der Waals surface area contributed by atoms with E-state index in [-0.39, 0.29) is 0 Å². The van der Waals surface area contributed by atoms with Crippen molar-refractivity contribution in [1.82, 2.24) is 8.61 Å². The van der Waals surface area contributed by atoms with Gasteiger partial charge in [0.2, 0.25) is 0 Å². The third-order valence-corrected chi connectivity index (χ3v) is 0.490. The van der Waals surface area contributed by atoms with Gasteiger partial charge in [-0.25, -0.2) is 4.31 Å². The van der Waals surface area contributed by atoms with E-state index in [2.05, 4.69) is 12.8 Å². The van der Waals surface area contributed by atoms with Gasteiger partial charge in [-0.2, -0.15) is 0 Å². The minimum absolute atomic E-state index is 0.713. The summed E-state index contributed by atoms with van der Waals surface area (Å²) in [6.45, 7) is 0. The summed E-state index contributed by atoms with van der Waals surface area (Å²) < 4.78 is 11.3. The van der Waals surface area contributed by atoms with E-state index < -0.39 is 0 Å². The van der Waals surface area contributed by atoms with Crippen molar-refractivity contribution in [1.29, 1.82) is 0 Å². The van der Waals surface area contributed by atoms with E-state index in [0.717, 1.165) is 0 Å². The second kappa shape index (κ2) is 8.58. The normalized spacial score (nSPS) is 9.33. The van der Waals surface area contributed by atoms with Crippen molar-refractivity contribution in [2.24, 2.45) is 0 Å². The molecule has 0 spiro atoms. The van der Waals surface area contributed by atoms with Gasteiger partial charge in [0, 0.05) is 0 Å². The van der Waals surface area contributed by atoms with E-state index in [4.69, 9.17) is 4.55 Å². The summed E-state index contributed by atoms with van der Waals surface area (Å²) in [5, 5.41) is 0. The molecule has 0 heterocycles. The summed E-state index contributed by atoms with van der Waals surface area (Å²) in [5.74, 6) is 0. The smallest absolute Gasteiger partial charge is 0.0784 e. The molecule has 0 rings (SSSR count). The second-order valence-corrected chi connectivity index (χ2v) is 3.43. The molecule has 0 aromatic rings. The Morgan fingerprint density at radius 2 is 1.33 bits per heavy atom. The molecule has 1 N–H and O–H groups in total. The molecule has 0 unspecified atom stereocenters. The van der Waals surface area contributed by atoms with Gasteiger partial charge < -0.3 is 4.55 Å². The van der Waals surface area contributed by atoms with Crippen molar-refractivity contribution in [3.05, 3.63) is 0 Å². The fourth-order valence-electron chi connectivity index (χ4n) is 0. The zero-order valence-corrected chi connectivity index (χ0v) is 7.91. The molecule has 3 nitrogen and oxygen atoms in total. The van der Waals surface area contributed by atoms with Gasteiger partial charge in [-0.05, 0) is 28.2 Å². The highest BCUT2D eigenvalue weighted by molar-refractivity contribution is 7.91. The van der Waals surface area contributed by atoms with Crippen LogP contribution in [0, 0.1) is 0 Å². The lowest BCUT2D eigenvalue weighted by Gasteiger charge is -1.96. The number of rotatable bonds is 1. The Morgan fingerprint density at radius 3 is 1.33 bits per heavy atom. The molecule has 0 aliphatic heterocycles. The van der Waals surface area contributed by atoms with E-state index in [0.29, 0.717) is 12.2 Å². The molecule has 58 valence electrons. The molecule has 0 saturated heterocycles. The van der Waals surface area contributed by atoms with Crippen LogP contribution in [0.3, 0.4) is 0 Å². The molecular formula is C4H14N2OS2. The van der Waals surface area contributed by atoms with Crippen LogP contribution in [-0.2, 0) is 0 Å². The van der Waals surface area contributed by atoms with Gasteiger partial charge in [0.1, 0.15) is 0 Å². The van der Waals surface area contributed by atoms with E-state index in [1.165, 1.54) is 0 Å². The first-order valence-corrected chi connectivity index (χ1v) is 3.48. The van der Waals surface area contributed by atoms with Gasteiger partial charge in [-0.1, -0.05) is 12.8 Å². The van der Waals surface area contributed by atoms with Gasteiger partial charge in [0.15, 0.2) is 0 Å². The second-order valence-electron chi connectivity index (χ2n) is 1.74. The van der Waals surface area contributed by atoms with Crippen LogP contribution in [-0.4, -0.2) is 41.4 Å². The van der Waals surface area contributed by atoms with Crippen molar-refractivity contribution >= 4 is 25.0 Å². The lowest BCUT2D eigenvalue weighted by Crippen LogP contribution is -1.96. The standard InChI is InChI=1S/C2H7NOS.C2H7NS/c1-3(2)5-4;1-3(2)4/h4H,1-2H3;4H,1-2H3. The molecule has 0 saturated carbocycles. The topological polar surface area (TPSA) is 26.7 Å². The summed E-state index contributed by atoms with van der Waals surface area (Å²) in [7, 11) is 7.27. The fourth-order valence-corrected chi connectivity index (χ4v) is 0. The van der Waals surface area contributed by atoms with Crippen LogP contribution < -0.4 is 0 Å². The Bertz CT molecular complexity index is 49.1. The summed E-state index contributed by atoms with van der Waals surface area (Å²) >= 11 is 4.51. The highest BCUT2D eigenvalue weighted by Crippen LogP contribution is 1.90. The molecule has 0 radical (unpaired) electrons. The van der Waals surface area contributed by atoms with Crippen molar-refractivity contribution in [2.75, 3.05) is 28.2 Å². The maximum Gasteiger partial charge on any atom is 0.0784 e. The maximum atomic E-state index is 7.99. The first kappa shape index (κ1) is 12.3. The largest absolute Gasteiger partial charge is 0.317 e. The quantitative estimate of drug-likeness (QED) is 0.349. The Morgan fingerprint density at radius 1 is 1.22 bits per heavy atom. The van der Waals surface area contributed by atoms with Gasteiger partial charge in [0.05, 0.1) is 12.2 Å². The zero-order chi connectivity index (χ0) is 7.86. The Kier molecular flexibility index (Phi) is 11.7. The van der Waals surface area contributed by atoms with E-state index in [9.17, 15) is 0 Å². The molecule has 0 aromatic carbocycles. The Balaban J connectivity index is 0. The fraction of sp³-hybridized carbons (Fsp3) is 1.00. The van der Waals surface area contributed by atoms with Crippen molar-refractivity contribution in [3.8, 4) is 0 Å². The van der Waals surface area contributed by atoms with Crippen LogP contribution in [0.5, 0.6) is 0 Å². The van der Waals surface area contributed by atoms with Gasteiger partial charge in [-0.15, -0.1) is 0 Å². The zero-order valence-electron chi connectivity index (χ0n) is 6.20. The number of thiol groups is 1. The number of nitrogens with zero attached hydrogens (tertiary/aromatic N) is 2. The van der Waals surface area contributed by atoms with E-state index in [1.54, 1.807) is 22.7 Å². The average Bonchev–Trinajstić information content (AvgIpc) is 1.65. The first-order valence-electron chi connectivity index (χ1n) is 2.35. The van der Waals surface area contributed by atoms with Crippen LogP contribution in [0.4, 0.5) is 0 Å². The summed E-state index contributed by atoms with van der Waals surface area (Å²) in [6, 6.07) is 0. The van der Waals surface area contributed by atoms with Crippen molar-refractivity contribution in [3.63, 3.8) is 0 Å². The monoisotopic (exact) mass is 170 g/mol. The minimum Gasteiger partial charge on any atom is -0.317 e. The summed E-state index contributed by atoms with van der Waals surface area (Å²) in [6.07, 6.45) is 0. The highest BCUT2D eigenvalue weighted by atomic mass is 32.2. The molecule has 0 aliphatic carbocycles. The molecule has 9 heavy (non-hydrogen) atoms. The minimum atomic E-state index is 0.713. The lowest BCUT2D eigenvalue weighted by molar-refractivity contribution is 0.579. The molecule has 0 aromatic heterocycles. The Labute approximate surface area is 66.9 Å². The summed E-state index contributed by atoms with van der Waals surface area (Å²) in [5.41, 5.74) is 0. The predicted octanol–water partition coefficient (Wildman–Crippen LogP) is 1.06. The van der Waals surface area contributed by atoms with Crippen molar-refractivity contribution < 1.29 is 4.55 Å². The van der Waals surface area contributed by atoms with Crippen LogP contribution in [0.25, 0.3) is 0 Å². The molecule has 0 fully saturated rings.